The summed E-state index contributed by atoms with van der Waals surface area (Å²) >= 11 is 0.905. The summed E-state index contributed by atoms with van der Waals surface area (Å²) in [5.41, 5.74) is 3.00. The first-order chi connectivity index (χ1) is 13.9. The second-order valence-corrected chi connectivity index (χ2v) is 8.53. The minimum absolute atomic E-state index is 0.145. The van der Waals surface area contributed by atoms with Crippen LogP contribution in [0.1, 0.15) is 42.6 Å². The van der Waals surface area contributed by atoms with Gasteiger partial charge in [-0.3, -0.25) is 19.3 Å². The Morgan fingerprint density at radius 2 is 1.86 bits per heavy atom. The van der Waals surface area contributed by atoms with Crippen LogP contribution in [0.4, 0.5) is 4.79 Å². The summed E-state index contributed by atoms with van der Waals surface area (Å²) < 4.78 is 7.28. The van der Waals surface area contributed by atoms with E-state index in [2.05, 4.69) is 4.57 Å². The van der Waals surface area contributed by atoms with Crippen molar-refractivity contribution in [2.24, 2.45) is 0 Å². The fourth-order valence-electron chi connectivity index (χ4n) is 3.83. The zero-order valence-corrected chi connectivity index (χ0v) is 18.2. The minimum atomic E-state index is -0.384. The number of rotatable bonds is 6. The van der Waals surface area contributed by atoms with Crippen LogP contribution in [-0.2, 0) is 20.9 Å². The van der Waals surface area contributed by atoms with Crippen LogP contribution < -0.4 is 0 Å². The number of nitrogens with zero attached hydrogens (tertiary/aromatic N) is 3. The zero-order chi connectivity index (χ0) is 21.0. The quantitative estimate of drug-likeness (QED) is 0.662. The highest BCUT2D eigenvalue weighted by Crippen LogP contribution is 2.33. The Balaban J connectivity index is 1.72. The van der Waals surface area contributed by atoms with Gasteiger partial charge in [-0.25, -0.2) is 0 Å². The number of aromatic nitrogens is 1. The Bertz CT molecular complexity index is 822. The average Bonchev–Trinajstić information content (AvgIpc) is 2.98. The summed E-state index contributed by atoms with van der Waals surface area (Å²) in [7, 11) is 1.66. The molecular formula is C21H29N3O4S. The summed E-state index contributed by atoms with van der Waals surface area (Å²) in [6, 6.07) is 2.00. The molecule has 0 radical (unpaired) electrons. The molecule has 2 saturated heterocycles. The van der Waals surface area contributed by atoms with Crippen molar-refractivity contribution in [3.05, 3.63) is 27.9 Å². The molecule has 0 bridgehead atoms. The van der Waals surface area contributed by atoms with Gasteiger partial charge in [0, 0.05) is 38.1 Å². The van der Waals surface area contributed by atoms with Gasteiger partial charge in [0.2, 0.25) is 5.91 Å². The number of imide groups is 1. The van der Waals surface area contributed by atoms with Crippen LogP contribution in [0.5, 0.6) is 0 Å². The molecule has 158 valence electrons. The van der Waals surface area contributed by atoms with E-state index in [-0.39, 0.29) is 23.6 Å². The predicted molar refractivity (Wildman–Crippen MR) is 114 cm³/mol. The van der Waals surface area contributed by atoms with Crippen molar-refractivity contribution in [1.82, 2.24) is 14.4 Å². The SMILES string of the molecule is COCCn1c(C)cc(/C=C2/SC(=O)N(CC(=O)N3CCCCCC3)C2=O)c1C. The second-order valence-electron chi connectivity index (χ2n) is 7.53. The number of thioether (sulfide) groups is 1. The first-order valence-electron chi connectivity index (χ1n) is 10.1. The Hall–Kier alpha value is -2.06. The number of carbonyl (C=O) groups is 3. The molecule has 3 amide bonds. The summed E-state index contributed by atoms with van der Waals surface area (Å²) in [6.45, 7) is 6.57. The van der Waals surface area contributed by atoms with Gasteiger partial charge in [-0.1, -0.05) is 12.8 Å². The lowest BCUT2D eigenvalue weighted by atomic mass is 10.2. The number of ether oxygens (including phenoxy) is 1. The normalized spacial score (nSPS) is 19.3. The van der Waals surface area contributed by atoms with E-state index in [9.17, 15) is 14.4 Å². The third kappa shape index (κ3) is 4.93. The molecule has 29 heavy (non-hydrogen) atoms. The largest absolute Gasteiger partial charge is 0.383 e. The Kier molecular flexibility index (Phi) is 7.18. The molecule has 2 fully saturated rings. The van der Waals surface area contributed by atoms with Crippen LogP contribution in [0.2, 0.25) is 0 Å². The molecule has 7 nitrogen and oxygen atoms in total. The van der Waals surface area contributed by atoms with Crippen molar-refractivity contribution in [2.75, 3.05) is 33.4 Å². The van der Waals surface area contributed by atoms with Gasteiger partial charge in [-0.05, 0) is 56.2 Å². The molecule has 0 atom stereocenters. The molecule has 8 heteroatoms. The molecule has 0 aromatic carbocycles. The van der Waals surface area contributed by atoms with Crippen LogP contribution in [0.25, 0.3) is 6.08 Å². The number of amides is 3. The third-order valence-corrected chi connectivity index (χ3v) is 6.45. The number of hydrogen-bond donors (Lipinski definition) is 0. The molecule has 0 saturated carbocycles. The first kappa shape index (κ1) is 21.6. The molecule has 2 aliphatic heterocycles. The molecule has 0 aliphatic carbocycles. The highest BCUT2D eigenvalue weighted by molar-refractivity contribution is 8.18. The fourth-order valence-corrected chi connectivity index (χ4v) is 4.66. The van der Waals surface area contributed by atoms with Gasteiger partial charge in [0.1, 0.15) is 6.54 Å². The lowest BCUT2D eigenvalue weighted by Crippen LogP contribution is -2.42. The van der Waals surface area contributed by atoms with E-state index in [1.54, 1.807) is 18.1 Å². The minimum Gasteiger partial charge on any atom is -0.383 e. The van der Waals surface area contributed by atoms with E-state index in [1.807, 2.05) is 19.9 Å². The van der Waals surface area contributed by atoms with E-state index in [1.165, 1.54) is 0 Å². The van der Waals surface area contributed by atoms with Gasteiger partial charge in [-0.2, -0.15) is 0 Å². The second kappa shape index (κ2) is 9.63. The van der Waals surface area contributed by atoms with E-state index in [0.717, 1.165) is 65.8 Å². The summed E-state index contributed by atoms with van der Waals surface area (Å²) in [4.78, 5) is 41.0. The Morgan fingerprint density at radius 3 is 2.52 bits per heavy atom. The number of carbonyl (C=O) groups excluding carboxylic acids is 3. The molecule has 0 spiro atoms. The van der Waals surface area contributed by atoms with Crippen molar-refractivity contribution < 1.29 is 19.1 Å². The van der Waals surface area contributed by atoms with E-state index in [4.69, 9.17) is 4.74 Å². The number of methoxy groups -OCH3 is 1. The van der Waals surface area contributed by atoms with E-state index in [0.29, 0.717) is 24.6 Å². The lowest BCUT2D eigenvalue weighted by Gasteiger charge is -2.22. The van der Waals surface area contributed by atoms with Gasteiger partial charge >= 0.3 is 0 Å². The number of hydrogen-bond acceptors (Lipinski definition) is 5. The van der Waals surface area contributed by atoms with Gasteiger partial charge in [0.15, 0.2) is 0 Å². The van der Waals surface area contributed by atoms with Crippen LogP contribution in [0.15, 0.2) is 11.0 Å². The predicted octanol–water partition coefficient (Wildman–Crippen LogP) is 3.19. The third-order valence-electron chi connectivity index (χ3n) is 5.54. The molecule has 0 N–H and O–H groups in total. The smallest absolute Gasteiger partial charge is 0.294 e. The maximum atomic E-state index is 12.8. The molecule has 0 unspecified atom stereocenters. The molecule has 3 rings (SSSR count). The van der Waals surface area contributed by atoms with E-state index >= 15 is 0 Å². The Labute approximate surface area is 176 Å². The molecule has 2 aliphatic rings. The first-order valence-corrected chi connectivity index (χ1v) is 10.9. The van der Waals surface area contributed by atoms with Crippen LogP contribution in [-0.4, -0.2) is 64.8 Å². The fraction of sp³-hybridized carbons (Fsp3) is 0.571. The maximum Gasteiger partial charge on any atom is 0.294 e. The molecule has 1 aromatic rings. The standard InChI is InChI=1S/C21H29N3O4S/c1-15-12-17(16(2)23(15)10-11-28-3)13-18-20(26)24(21(27)29-18)14-19(25)22-8-6-4-5-7-9-22/h12-13H,4-11,14H2,1-3H3/b18-13+. The van der Waals surface area contributed by atoms with Gasteiger partial charge < -0.3 is 14.2 Å². The van der Waals surface area contributed by atoms with Crippen molar-refractivity contribution in [3.8, 4) is 0 Å². The lowest BCUT2D eigenvalue weighted by molar-refractivity contribution is -0.135. The van der Waals surface area contributed by atoms with Crippen LogP contribution in [0, 0.1) is 13.8 Å². The highest BCUT2D eigenvalue weighted by atomic mass is 32.2. The van der Waals surface area contributed by atoms with Crippen molar-refractivity contribution in [3.63, 3.8) is 0 Å². The average molecular weight is 420 g/mol. The summed E-state index contributed by atoms with van der Waals surface area (Å²) in [6.07, 6.45) is 5.96. The van der Waals surface area contributed by atoms with Gasteiger partial charge in [-0.15, -0.1) is 0 Å². The van der Waals surface area contributed by atoms with E-state index < -0.39 is 0 Å². The number of aryl methyl sites for hydroxylation is 1. The molecule has 3 heterocycles. The van der Waals surface area contributed by atoms with Gasteiger partial charge in [0.05, 0.1) is 11.5 Å². The van der Waals surface area contributed by atoms with Crippen LogP contribution >= 0.6 is 11.8 Å². The topological polar surface area (TPSA) is 71.8 Å². The highest BCUT2D eigenvalue weighted by Gasteiger charge is 2.37. The molecule has 1 aromatic heterocycles. The Morgan fingerprint density at radius 1 is 1.17 bits per heavy atom. The number of likely N-dealkylation sites (tertiary alicyclic amines) is 1. The summed E-state index contributed by atoms with van der Waals surface area (Å²) in [5.74, 6) is -0.530. The maximum absolute atomic E-state index is 12.8. The van der Waals surface area contributed by atoms with Gasteiger partial charge in [0.25, 0.3) is 11.1 Å². The zero-order valence-electron chi connectivity index (χ0n) is 17.4. The van der Waals surface area contributed by atoms with Crippen molar-refractivity contribution in [1.29, 1.82) is 0 Å². The van der Waals surface area contributed by atoms with Crippen LogP contribution in [0.3, 0.4) is 0 Å². The van der Waals surface area contributed by atoms with Crippen molar-refractivity contribution >= 4 is 34.9 Å². The monoisotopic (exact) mass is 419 g/mol. The van der Waals surface area contributed by atoms with Crippen molar-refractivity contribution in [2.45, 2.75) is 46.1 Å². The molecular weight excluding hydrogens is 390 g/mol. The summed E-state index contributed by atoms with van der Waals surface area (Å²) in [5, 5.41) is -0.377.